The molecule has 2 nitrogen and oxygen atoms in total. The Bertz CT molecular complexity index is 207. The van der Waals surface area contributed by atoms with E-state index in [1.807, 2.05) is 0 Å². The van der Waals surface area contributed by atoms with Gasteiger partial charge in [0.25, 0.3) is 0 Å². The van der Waals surface area contributed by atoms with Crippen LogP contribution in [0.2, 0.25) is 0 Å². The van der Waals surface area contributed by atoms with E-state index >= 15 is 0 Å². The molecule has 0 spiro atoms. The summed E-state index contributed by atoms with van der Waals surface area (Å²) in [6, 6.07) is 0.742. The molecule has 0 aromatic heterocycles. The molecule has 0 bridgehead atoms. The average molecular weight is 253 g/mol. The van der Waals surface area contributed by atoms with Gasteiger partial charge in [0.2, 0.25) is 0 Å². The van der Waals surface area contributed by atoms with Crippen molar-refractivity contribution in [1.29, 1.82) is 0 Å². The summed E-state index contributed by atoms with van der Waals surface area (Å²) in [7, 11) is 0. The molecule has 0 aliphatic heterocycles. The molecule has 2 rings (SSSR count). The Hall–Kier alpha value is -0.0800. The van der Waals surface area contributed by atoms with Crippen LogP contribution in [0.15, 0.2) is 0 Å². The zero-order chi connectivity index (χ0) is 12.8. The predicted molar refractivity (Wildman–Crippen MR) is 76.8 cm³/mol. The van der Waals surface area contributed by atoms with Crippen LogP contribution in [0, 0.1) is 11.8 Å². The van der Waals surface area contributed by atoms with Crippen molar-refractivity contribution in [2.75, 3.05) is 13.2 Å². The van der Waals surface area contributed by atoms with Crippen LogP contribution < -0.4 is 5.32 Å². The fourth-order valence-corrected chi connectivity index (χ4v) is 3.60. The highest BCUT2D eigenvalue weighted by Gasteiger charge is 2.22. The molecule has 18 heavy (non-hydrogen) atoms. The first kappa shape index (κ1) is 14.3. The zero-order valence-electron chi connectivity index (χ0n) is 12.3. The van der Waals surface area contributed by atoms with E-state index in [-0.39, 0.29) is 0 Å². The van der Waals surface area contributed by atoms with E-state index in [2.05, 4.69) is 19.2 Å². The fraction of sp³-hybridized carbons (Fsp3) is 1.00. The molecule has 106 valence electrons. The van der Waals surface area contributed by atoms with Gasteiger partial charge in [-0.1, -0.05) is 39.5 Å². The average Bonchev–Trinajstić information content (AvgIpc) is 2.38. The first-order valence-corrected chi connectivity index (χ1v) is 8.12. The summed E-state index contributed by atoms with van der Waals surface area (Å²) < 4.78 is 6.06. The van der Waals surface area contributed by atoms with Crippen molar-refractivity contribution in [3.63, 3.8) is 0 Å². The van der Waals surface area contributed by atoms with Gasteiger partial charge in [0.1, 0.15) is 0 Å². The third-order valence-corrected chi connectivity index (χ3v) is 4.98. The quantitative estimate of drug-likeness (QED) is 0.753. The maximum Gasteiger partial charge on any atom is 0.0601 e. The summed E-state index contributed by atoms with van der Waals surface area (Å²) in [5.74, 6) is 1.62. The molecule has 0 radical (unpaired) electrons. The monoisotopic (exact) mass is 253 g/mol. The lowest BCUT2D eigenvalue weighted by Gasteiger charge is -2.31. The van der Waals surface area contributed by atoms with Gasteiger partial charge in [-0.05, 0) is 37.5 Å². The van der Waals surface area contributed by atoms with Crippen molar-refractivity contribution in [1.82, 2.24) is 5.32 Å². The van der Waals surface area contributed by atoms with Gasteiger partial charge in [-0.25, -0.2) is 0 Å². The van der Waals surface area contributed by atoms with Crippen LogP contribution in [0.25, 0.3) is 0 Å². The molecule has 2 saturated carbocycles. The van der Waals surface area contributed by atoms with Crippen molar-refractivity contribution in [2.24, 2.45) is 11.8 Å². The van der Waals surface area contributed by atoms with E-state index < -0.39 is 0 Å². The van der Waals surface area contributed by atoms with Crippen molar-refractivity contribution in [3.05, 3.63) is 0 Å². The minimum atomic E-state index is 0.532. The number of hydrogen-bond donors (Lipinski definition) is 1. The number of nitrogens with one attached hydrogen (secondary N) is 1. The maximum absolute atomic E-state index is 6.06. The van der Waals surface area contributed by atoms with Gasteiger partial charge in [0, 0.05) is 12.6 Å². The summed E-state index contributed by atoms with van der Waals surface area (Å²) in [6.45, 7) is 6.68. The topological polar surface area (TPSA) is 21.3 Å². The van der Waals surface area contributed by atoms with Gasteiger partial charge in [0.15, 0.2) is 0 Å². The molecule has 0 amide bonds. The number of hydrogen-bond acceptors (Lipinski definition) is 2. The zero-order valence-corrected chi connectivity index (χ0v) is 12.3. The SMILES string of the molecule is CC1CCCCC1NCCOC1CCCCC1C. The van der Waals surface area contributed by atoms with Gasteiger partial charge >= 0.3 is 0 Å². The van der Waals surface area contributed by atoms with Crippen LogP contribution in [0.3, 0.4) is 0 Å². The Morgan fingerprint density at radius 2 is 1.56 bits per heavy atom. The van der Waals surface area contributed by atoms with Gasteiger partial charge < -0.3 is 10.1 Å². The number of rotatable bonds is 5. The summed E-state index contributed by atoms with van der Waals surface area (Å²) in [5.41, 5.74) is 0. The molecular weight excluding hydrogens is 222 g/mol. The smallest absolute Gasteiger partial charge is 0.0601 e. The van der Waals surface area contributed by atoms with Crippen LogP contribution >= 0.6 is 0 Å². The molecule has 4 unspecified atom stereocenters. The molecule has 2 fully saturated rings. The third kappa shape index (κ3) is 4.24. The van der Waals surface area contributed by atoms with Gasteiger partial charge in [-0.2, -0.15) is 0 Å². The molecule has 0 heterocycles. The molecule has 2 aliphatic carbocycles. The van der Waals surface area contributed by atoms with Crippen molar-refractivity contribution in [2.45, 2.75) is 77.4 Å². The standard InChI is InChI=1S/C16H31NO/c1-13-7-3-5-9-15(13)17-11-12-18-16-10-6-4-8-14(16)2/h13-17H,3-12H2,1-2H3. The van der Waals surface area contributed by atoms with Crippen LogP contribution in [0.1, 0.15) is 65.2 Å². The van der Waals surface area contributed by atoms with Crippen LogP contribution in [-0.4, -0.2) is 25.3 Å². The predicted octanol–water partition coefficient (Wildman–Crippen LogP) is 3.75. The fourth-order valence-electron chi connectivity index (χ4n) is 3.60. The highest BCUT2D eigenvalue weighted by atomic mass is 16.5. The second-order valence-electron chi connectivity index (χ2n) is 6.49. The molecular formula is C16H31NO. The minimum Gasteiger partial charge on any atom is -0.377 e. The van der Waals surface area contributed by atoms with E-state index in [0.717, 1.165) is 31.0 Å². The summed E-state index contributed by atoms with van der Waals surface area (Å²) in [6.07, 6.45) is 11.5. The Kier molecular flexibility index (Phi) is 5.97. The van der Waals surface area contributed by atoms with Crippen LogP contribution in [0.4, 0.5) is 0 Å². The Morgan fingerprint density at radius 1 is 0.889 bits per heavy atom. The van der Waals surface area contributed by atoms with E-state index in [9.17, 15) is 0 Å². The molecule has 2 aliphatic rings. The van der Waals surface area contributed by atoms with E-state index in [4.69, 9.17) is 4.74 Å². The van der Waals surface area contributed by atoms with Crippen LogP contribution in [0.5, 0.6) is 0 Å². The van der Waals surface area contributed by atoms with Gasteiger partial charge in [-0.3, -0.25) is 0 Å². The molecule has 2 heteroatoms. The number of ether oxygens (including phenoxy) is 1. The minimum absolute atomic E-state index is 0.532. The van der Waals surface area contributed by atoms with Crippen molar-refractivity contribution < 1.29 is 4.74 Å². The second kappa shape index (κ2) is 7.49. The normalized spacial score (nSPS) is 37.7. The molecule has 0 aromatic carbocycles. The summed E-state index contributed by atoms with van der Waals surface area (Å²) in [4.78, 5) is 0. The first-order chi connectivity index (χ1) is 8.77. The summed E-state index contributed by atoms with van der Waals surface area (Å²) >= 11 is 0. The van der Waals surface area contributed by atoms with E-state index in [0.29, 0.717) is 6.10 Å². The van der Waals surface area contributed by atoms with Crippen molar-refractivity contribution >= 4 is 0 Å². The van der Waals surface area contributed by atoms with E-state index in [1.165, 1.54) is 51.4 Å². The van der Waals surface area contributed by atoms with Gasteiger partial charge in [-0.15, -0.1) is 0 Å². The first-order valence-electron chi connectivity index (χ1n) is 8.12. The Balaban J connectivity index is 1.57. The largest absolute Gasteiger partial charge is 0.377 e. The lowest BCUT2D eigenvalue weighted by molar-refractivity contribution is -0.00463. The second-order valence-corrected chi connectivity index (χ2v) is 6.49. The third-order valence-electron chi connectivity index (χ3n) is 4.98. The lowest BCUT2D eigenvalue weighted by atomic mass is 9.86. The Labute approximate surface area is 113 Å². The molecule has 1 N–H and O–H groups in total. The van der Waals surface area contributed by atoms with E-state index in [1.54, 1.807) is 0 Å². The highest BCUT2D eigenvalue weighted by molar-refractivity contribution is 4.78. The molecule has 0 aromatic rings. The highest BCUT2D eigenvalue weighted by Crippen LogP contribution is 2.26. The van der Waals surface area contributed by atoms with Crippen LogP contribution in [-0.2, 0) is 4.74 Å². The molecule has 0 saturated heterocycles. The lowest BCUT2D eigenvalue weighted by Crippen LogP contribution is -2.39. The maximum atomic E-state index is 6.06. The molecule has 4 atom stereocenters. The van der Waals surface area contributed by atoms with Crippen molar-refractivity contribution in [3.8, 4) is 0 Å². The summed E-state index contributed by atoms with van der Waals surface area (Å²) in [5, 5.41) is 3.70. The van der Waals surface area contributed by atoms with Gasteiger partial charge in [0.05, 0.1) is 12.7 Å². The Morgan fingerprint density at radius 3 is 2.28 bits per heavy atom.